The number of aliphatic hydroxyl groups is 1. The monoisotopic (exact) mass is 467 g/mol. The highest BCUT2D eigenvalue weighted by molar-refractivity contribution is 5.69. The van der Waals surface area contributed by atoms with E-state index >= 15 is 0 Å². The minimum atomic E-state index is -0.418. The summed E-state index contributed by atoms with van der Waals surface area (Å²) in [7, 11) is 0. The fraction of sp³-hybridized carbons (Fsp3) is 0.567. The molecule has 0 fully saturated rings. The van der Waals surface area contributed by atoms with E-state index in [1.807, 2.05) is 48.5 Å². The summed E-state index contributed by atoms with van der Waals surface area (Å²) >= 11 is 0. The van der Waals surface area contributed by atoms with Gasteiger partial charge in [0.25, 0.3) is 0 Å². The normalized spacial score (nSPS) is 11.9. The van der Waals surface area contributed by atoms with E-state index in [1.165, 1.54) is 56.9 Å². The molecule has 1 atom stereocenters. The van der Waals surface area contributed by atoms with Gasteiger partial charge in [-0.15, -0.1) is 0 Å². The van der Waals surface area contributed by atoms with E-state index < -0.39 is 6.10 Å². The lowest BCUT2D eigenvalue weighted by atomic mass is 10.1. The zero-order valence-electron chi connectivity index (χ0n) is 20.9. The number of unbranched alkanes of at least 4 members (excludes halogenated alkanes) is 9. The third kappa shape index (κ3) is 14.2. The highest BCUT2D eigenvalue weighted by Gasteiger charge is 2.05. The number of nitrogens with one attached hydrogen (secondary N) is 1. The number of aliphatic hydroxyl groups excluding tert-OH is 1. The lowest BCUT2D eigenvalue weighted by Crippen LogP contribution is -2.22. The molecule has 0 saturated heterocycles. The van der Waals surface area contributed by atoms with E-state index in [2.05, 4.69) is 17.4 Å². The number of carbonyl (C=O) groups is 1. The molecule has 0 aliphatic carbocycles. The zero-order chi connectivity index (χ0) is 24.1. The number of hydrogen-bond donors (Lipinski definition) is 2. The van der Waals surface area contributed by atoms with E-state index in [9.17, 15) is 9.90 Å². The van der Waals surface area contributed by atoms with Crippen LogP contribution in [0, 0.1) is 0 Å². The topological polar surface area (TPSA) is 58.6 Å². The van der Waals surface area contributed by atoms with Crippen LogP contribution in [0.1, 0.15) is 94.3 Å². The molecule has 0 aliphatic rings. The number of esters is 1. The molecule has 2 aromatic carbocycles. The molecule has 4 heteroatoms. The average molecular weight is 468 g/mol. The van der Waals surface area contributed by atoms with Gasteiger partial charge < -0.3 is 15.2 Å². The number of hydrogen-bond acceptors (Lipinski definition) is 4. The molecule has 34 heavy (non-hydrogen) atoms. The Bertz CT molecular complexity index is 735. The van der Waals surface area contributed by atoms with E-state index in [-0.39, 0.29) is 5.97 Å². The Hall–Kier alpha value is -2.17. The predicted octanol–water partition coefficient (Wildman–Crippen LogP) is 6.78. The molecule has 188 valence electrons. The zero-order valence-corrected chi connectivity index (χ0v) is 20.9. The molecule has 0 saturated carbocycles. The maximum Gasteiger partial charge on any atom is 0.305 e. The molecular formula is C30H45NO3. The molecule has 1 unspecified atom stereocenters. The van der Waals surface area contributed by atoms with Crippen LogP contribution in [0.2, 0.25) is 0 Å². The first-order chi connectivity index (χ1) is 16.8. The molecule has 4 nitrogen and oxygen atoms in total. The molecule has 0 spiro atoms. The molecular weight excluding hydrogens is 422 g/mol. The van der Waals surface area contributed by atoms with Crippen molar-refractivity contribution in [3.8, 4) is 0 Å². The first-order valence-corrected chi connectivity index (χ1v) is 13.4. The highest BCUT2D eigenvalue weighted by atomic mass is 16.5. The molecule has 0 amide bonds. The largest absolute Gasteiger partial charge is 0.466 e. The first-order valence-electron chi connectivity index (χ1n) is 13.4. The Morgan fingerprint density at radius 1 is 0.735 bits per heavy atom. The summed E-state index contributed by atoms with van der Waals surface area (Å²) < 4.78 is 5.36. The molecule has 0 heterocycles. The lowest BCUT2D eigenvalue weighted by molar-refractivity contribution is -0.143. The maximum absolute atomic E-state index is 11.8. The van der Waals surface area contributed by atoms with Crippen LogP contribution in [0.3, 0.4) is 0 Å². The number of carbonyl (C=O) groups excluding carboxylic acids is 1. The second kappa shape index (κ2) is 19.2. The van der Waals surface area contributed by atoms with Crippen molar-refractivity contribution >= 4 is 5.97 Å². The Balaban J connectivity index is 1.27. The van der Waals surface area contributed by atoms with Gasteiger partial charge in [-0.25, -0.2) is 0 Å². The Morgan fingerprint density at radius 2 is 1.29 bits per heavy atom. The van der Waals surface area contributed by atoms with Crippen molar-refractivity contribution in [1.29, 1.82) is 0 Å². The van der Waals surface area contributed by atoms with E-state index in [0.717, 1.165) is 37.8 Å². The lowest BCUT2D eigenvalue weighted by Gasteiger charge is -2.12. The quantitative estimate of drug-likeness (QED) is 0.166. The second-order valence-corrected chi connectivity index (χ2v) is 9.23. The molecule has 0 bridgehead atoms. The van der Waals surface area contributed by atoms with Gasteiger partial charge in [0.05, 0.1) is 12.7 Å². The SMILES string of the molecule is O=C(CCCc1ccccc1)OCCCCCCCCCCCCNCC(O)c1ccccc1. The molecule has 2 aromatic rings. The van der Waals surface area contributed by atoms with Crippen molar-refractivity contribution in [2.24, 2.45) is 0 Å². The predicted molar refractivity (Wildman–Crippen MR) is 141 cm³/mol. The smallest absolute Gasteiger partial charge is 0.305 e. The summed E-state index contributed by atoms with van der Waals surface area (Å²) in [4.78, 5) is 11.8. The van der Waals surface area contributed by atoms with Crippen LogP contribution in [0.5, 0.6) is 0 Å². The Labute approximate surface area is 207 Å². The van der Waals surface area contributed by atoms with Gasteiger partial charge in [0.1, 0.15) is 0 Å². The number of rotatable bonds is 20. The molecule has 2 N–H and O–H groups in total. The van der Waals surface area contributed by atoms with Crippen molar-refractivity contribution in [2.75, 3.05) is 19.7 Å². The van der Waals surface area contributed by atoms with Gasteiger partial charge in [0.2, 0.25) is 0 Å². The van der Waals surface area contributed by atoms with Crippen LogP contribution in [-0.2, 0) is 16.0 Å². The average Bonchev–Trinajstić information content (AvgIpc) is 2.87. The highest BCUT2D eigenvalue weighted by Crippen LogP contribution is 2.12. The van der Waals surface area contributed by atoms with Gasteiger partial charge in [-0.2, -0.15) is 0 Å². The van der Waals surface area contributed by atoms with E-state index in [1.54, 1.807) is 0 Å². The van der Waals surface area contributed by atoms with Gasteiger partial charge >= 0.3 is 5.97 Å². The van der Waals surface area contributed by atoms with Crippen LogP contribution in [-0.4, -0.2) is 30.8 Å². The Kier molecular flexibility index (Phi) is 15.8. The first kappa shape index (κ1) is 28.1. The summed E-state index contributed by atoms with van der Waals surface area (Å²) in [6.45, 7) is 2.17. The molecule has 0 radical (unpaired) electrons. The van der Waals surface area contributed by atoms with Gasteiger partial charge in [0, 0.05) is 13.0 Å². The van der Waals surface area contributed by atoms with Crippen LogP contribution in [0.4, 0.5) is 0 Å². The number of benzene rings is 2. The van der Waals surface area contributed by atoms with Crippen LogP contribution >= 0.6 is 0 Å². The fourth-order valence-electron chi connectivity index (χ4n) is 4.14. The van der Waals surface area contributed by atoms with Crippen LogP contribution in [0.25, 0.3) is 0 Å². The van der Waals surface area contributed by atoms with Gasteiger partial charge in [0.15, 0.2) is 0 Å². The van der Waals surface area contributed by atoms with Gasteiger partial charge in [-0.1, -0.05) is 112 Å². The van der Waals surface area contributed by atoms with E-state index in [0.29, 0.717) is 19.6 Å². The minimum absolute atomic E-state index is 0.0569. The van der Waals surface area contributed by atoms with Gasteiger partial charge in [-0.3, -0.25) is 4.79 Å². The summed E-state index contributed by atoms with van der Waals surface area (Å²) in [6.07, 6.45) is 14.2. The molecule has 0 aliphatic heterocycles. The second-order valence-electron chi connectivity index (χ2n) is 9.23. The van der Waals surface area contributed by atoms with Crippen LogP contribution < -0.4 is 5.32 Å². The summed E-state index contributed by atoms with van der Waals surface area (Å²) in [5, 5.41) is 13.5. The van der Waals surface area contributed by atoms with Crippen molar-refractivity contribution in [2.45, 2.75) is 89.6 Å². The molecule has 2 rings (SSSR count). The summed E-state index contributed by atoms with van der Waals surface area (Å²) in [6, 6.07) is 20.1. The van der Waals surface area contributed by atoms with Crippen molar-refractivity contribution < 1.29 is 14.6 Å². The van der Waals surface area contributed by atoms with Crippen molar-refractivity contribution in [3.05, 3.63) is 71.8 Å². The van der Waals surface area contributed by atoms with E-state index in [4.69, 9.17) is 4.74 Å². The fourth-order valence-corrected chi connectivity index (χ4v) is 4.14. The van der Waals surface area contributed by atoms with Crippen molar-refractivity contribution in [3.63, 3.8) is 0 Å². The minimum Gasteiger partial charge on any atom is -0.466 e. The summed E-state index contributed by atoms with van der Waals surface area (Å²) in [5.74, 6) is -0.0569. The third-order valence-electron chi connectivity index (χ3n) is 6.22. The van der Waals surface area contributed by atoms with Crippen LogP contribution in [0.15, 0.2) is 60.7 Å². The number of ether oxygens (including phenoxy) is 1. The summed E-state index contributed by atoms with van der Waals surface area (Å²) in [5.41, 5.74) is 2.26. The van der Waals surface area contributed by atoms with Crippen molar-refractivity contribution in [1.82, 2.24) is 5.32 Å². The maximum atomic E-state index is 11.8. The number of aryl methyl sites for hydroxylation is 1. The Morgan fingerprint density at radius 3 is 1.94 bits per heavy atom. The molecule has 0 aromatic heterocycles. The van der Waals surface area contributed by atoms with Gasteiger partial charge in [-0.05, 0) is 43.4 Å². The standard InChI is InChI=1S/C30H45NO3/c32-29(28-21-13-10-14-22-28)26-31-24-15-7-5-3-1-2-4-6-8-16-25-34-30(33)23-17-20-27-18-11-9-12-19-27/h9-14,18-19,21-22,29,31-32H,1-8,15-17,20,23-26H2. The third-order valence-corrected chi connectivity index (χ3v) is 6.22.